The van der Waals surface area contributed by atoms with E-state index in [-0.39, 0.29) is 29.3 Å². The summed E-state index contributed by atoms with van der Waals surface area (Å²) in [5.41, 5.74) is 10.3. The molecule has 6 rings (SSSR count). The standard InChI is InChI=1S/C30H42N8O2/c1-17(2)37(15-21-8-11-25(40-21)38-28-26(36-29(38)39)27(31)32-16-33-28)20-12-18(13-20)6-10-24-34-22-9-7-19(30(3,4)5)14-23(22)35-24/h7,9,14,16-18,20-21,25H,6,8,10-13,15H2,1-5H3,(H,34,35)(H,36,39)(H2,31,32,33)/t18?,20?,21-,25+/m0/s1. The van der Waals surface area contributed by atoms with Crippen molar-refractivity contribution < 1.29 is 4.74 Å². The molecule has 1 saturated carbocycles. The van der Waals surface area contributed by atoms with Gasteiger partial charge in [0.2, 0.25) is 0 Å². The van der Waals surface area contributed by atoms with Crippen LogP contribution in [0.1, 0.15) is 84.3 Å². The van der Waals surface area contributed by atoms with Gasteiger partial charge in [-0.2, -0.15) is 0 Å². The summed E-state index contributed by atoms with van der Waals surface area (Å²) in [6.45, 7) is 12.1. The van der Waals surface area contributed by atoms with Crippen molar-refractivity contribution in [1.82, 2.24) is 34.4 Å². The molecule has 4 aromatic rings. The Morgan fingerprint density at radius 1 is 1.18 bits per heavy atom. The number of aromatic nitrogens is 6. The number of nitrogens with zero attached hydrogens (tertiary/aromatic N) is 5. The fourth-order valence-electron chi connectivity index (χ4n) is 6.45. The van der Waals surface area contributed by atoms with E-state index < -0.39 is 0 Å². The molecule has 4 heterocycles. The SMILES string of the molecule is CC(C)N(C[C@@H]1CC[C@H](n2c(=O)[nH]c3c(N)ncnc32)O1)C1CC(CCc2nc3ccc(C(C)(C)C)cc3[nH]2)C1. The third-order valence-corrected chi connectivity index (χ3v) is 8.85. The van der Waals surface area contributed by atoms with Gasteiger partial charge in [0.05, 0.1) is 17.1 Å². The zero-order chi connectivity index (χ0) is 28.2. The first-order valence-corrected chi connectivity index (χ1v) is 14.7. The number of imidazole rings is 2. The lowest BCUT2D eigenvalue weighted by molar-refractivity contribution is -0.0402. The maximum Gasteiger partial charge on any atom is 0.329 e. The third kappa shape index (κ3) is 5.14. The Hall–Kier alpha value is -3.24. The highest BCUT2D eigenvalue weighted by Gasteiger charge is 2.38. The molecule has 0 amide bonds. The number of hydrogen-bond acceptors (Lipinski definition) is 7. The van der Waals surface area contributed by atoms with Gasteiger partial charge in [-0.1, -0.05) is 26.8 Å². The summed E-state index contributed by atoms with van der Waals surface area (Å²) in [7, 11) is 0. The fourth-order valence-corrected chi connectivity index (χ4v) is 6.45. The molecule has 2 fully saturated rings. The van der Waals surface area contributed by atoms with Crippen molar-refractivity contribution in [1.29, 1.82) is 0 Å². The highest BCUT2D eigenvalue weighted by Crippen LogP contribution is 2.38. The number of benzene rings is 1. The van der Waals surface area contributed by atoms with Crippen molar-refractivity contribution in [2.24, 2.45) is 5.92 Å². The van der Waals surface area contributed by atoms with Crippen molar-refractivity contribution in [3.05, 3.63) is 46.4 Å². The molecule has 1 aliphatic carbocycles. The van der Waals surface area contributed by atoms with Crippen molar-refractivity contribution in [2.45, 2.75) is 103 Å². The quantitative estimate of drug-likeness (QED) is 0.293. The number of ether oxygens (including phenoxy) is 1. The second-order valence-corrected chi connectivity index (χ2v) is 13.0. The molecular formula is C30H42N8O2. The van der Waals surface area contributed by atoms with Crippen LogP contribution in [0.4, 0.5) is 5.82 Å². The fraction of sp³-hybridized carbons (Fsp3) is 0.600. The summed E-state index contributed by atoms with van der Waals surface area (Å²) in [6.07, 6.45) is 7.37. The largest absolute Gasteiger partial charge is 0.382 e. The highest BCUT2D eigenvalue weighted by atomic mass is 16.5. The lowest BCUT2D eigenvalue weighted by Gasteiger charge is -2.46. The second-order valence-electron chi connectivity index (χ2n) is 13.0. The Balaban J connectivity index is 1.03. The first-order chi connectivity index (χ1) is 19.1. The lowest BCUT2D eigenvalue weighted by Crippen LogP contribution is -2.50. The van der Waals surface area contributed by atoms with Gasteiger partial charge < -0.3 is 20.4 Å². The normalized spacial score (nSPS) is 23.6. The maximum atomic E-state index is 12.7. The van der Waals surface area contributed by atoms with E-state index in [0.717, 1.165) is 55.0 Å². The Bertz CT molecular complexity index is 1560. The van der Waals surface area contributed by atoms with E-state index in [4.69, 9.17) is 15.5 Å². The Morgan fingerprint density at radius 2 is 1.98 bits per heavy atom. The van der Waals surface area contributed by atoms with E-state index in [9.17, 15) is 4.79 Å². The second kappa shape index (κ2) is 10.3. The van der Waals surface area contributed by atoms with Crippen LogP contribution < -0.4 is 11.4 Å². The molecule has 1 aromatic carbocycles. The number of fused-ring (bicyclic) bond motifs is 2. The zero-order valence-electron chi connectivity index (χ0n) is 24.3. The lowest BCUT2D eigenvalue weighted by atomic mass is 9.76. The molecule has 10 nitrogen and oxygen atoms in total. The van der Waals surface area contributed by atoms with E-state index >= 15 is 0 Å². The minimum atomic E-state index is -0.341. The average Bonchev–Trinajstić information content (AvgIpc) is 3.57. The summed E-state index contributed by atoms with van der Waals surface area (Å²) in [5.74, 6) is 2.09. The van der Waals surface area contributed by atoms with Crippen LogP contribution in [0.5, 0.6) is 0 Å². The molecule has 0 spiro atoms. The van der Waals surface area contributed by atoms with Crippen molar-refractivity contribution >= 4 is 28.0 Å². The Morgan fingerprint density at radius 3 is 2.73 bits per heavy atom. The van der Waals surface area contributed by atoms with Crippen LogP contribution >= 0.6 is 0 Å². The summed E-state index contributed by atoms with van der Waals surface area (Å²) >= 11 is 0. The number of aromatic amines is 2. The molecule has 2 atom stereocenters. The summed E-state index contributed by atoms with van der Waals surface area (Å²) in [6, 6.07) is 7.59. The van der Waals surface area contributed by atoms with Gasteiger partial charge in [-0.15, -0.1) is 0 Å². The predicted octanol–water partition coefficient (Wildman–Crippen LogP) is 4.68. The molecule has 1 saturated heterocycles. The minimum absolute atomic E-state index is 0.0797. The molecule has 0 radical (unpaired) electrons. The van der Waals surface area contributed by atoms with Crippen molar-refractivity contribution in [3.63, 3.8) is 0 Å². The monoisotopic (exact) mass is 546 g/mol. The minimum Gasteiger partial charge on any atom is -0.382 e. The molecule has 2 aliphatic rings. The smallest absolute Gasteiger partial charge is 0.329 e. The van der Waals surface area contributed by atoms with Gasteiger partial charge in [0, 0.05) is 25.0 Å². The van der Waals surface area contributed by atoms with Gasteiger partial charge in [0.25, 0.3) is 0 Å². The van der Waals surface area contributed by atoms with Crippen LogP contribution in [-0.2, 0) is 16.6 Å². The van der Waals surface area contributed by atoms with E-state index in [1.54, 1.807) is 4.57 Å². The Labute approximate surface area is 234 Å². The number of anilines is 1. The van der Waals surface area contributed by atoms with Crippen LogP contribution in [0.3, 0.4) is 0 Å². The highest BCUT2D eigenvalue weighted by molar-refractivity contribution is 5.81. The number of nitrogen functional groups attached to an aromatic ring is 1. The number of aryl methyl sites for hydroxylation is 1. The maximum absolute atomic E-state index is 12.7. The van der Waals surface area contributed by atoms with Gasteiger partial charge in [0.15, 0.2) is 11.5 Å². The van der Waals surface area contributed by atoms with Crippen LogP contribution in [0.15, 0.2) is 29.3 Å². The Kier molecular flexibility index (Phi) is 6.94. The van der Waals surface area contributed by atoms with Gasteiger partial charge in [-0.3, -0.25) is 4.90 Å². The van der Waals surface area contributed by atoms with Crippen LogP contribution in [0.2, 0.25) is 0 Å². The van der Waals surface area contributed by atoms with Gasteiger partial charge in [-0.25, -0.2) is 24.3 Å². The molecular weight excluding hydrogens is 504 g/mol. The molecule has 1 aliphatic heterocycles. The number of nitrogens with one attached hydrogen (secondary N) is 2. The average molecular weight is 547 g/mol. The van der Waals surface area contributed by atoms with Gasteiger partial charge in [0.1, 0.15) is 23.9 Å². The molecule has 214 valence electrons. The molecule has 0 unspecified atom stereocenters. The predicted molar refractivity (Wildman–Crippen MR) is 157 cm³/mol. The van der Waals surface area contributed by atoms with Crippen molar-refractivity contribution in [2.75, 3.05) is 12.3 Å². The van der Waals surface area contributed by atoms with Gasteiger partial charge >= 0.3 is 5.69 Å². The molecule has 10 heteroatoms. The summed E-state index contributed by atoms with van der Waals surface area (Å²) in [5, 5.41) is 0. The number of nitrogens with two attached hydrogens (primary N) is 1. The zero-order valence-corrected chi connectivity index (χ0v) is 24.3. The van der Waals surface area contributed by atoms with E-state index in [1.165, 1.54) is 24.7 Å². The molecule has 0 bridgehead atoms. The topological polar surface area (TPSA) is 131 Å². The summed E-state index contributed by atoms with van der Waals surface area (Å²) < 4.78 is 8.00. The van der Waals surface area contributed by atoms with E-state index in [2.05, 4.69) is 77.7 Å². The summed E-state index contributed by atoms with van der Waals surface area (Å²) in [4.78, 5) is 34.7. The van der Waals surface area contributed by atoms with E-state index in [1.807, 2.05) is 0 Å². The third-order valence-electron chi connectivity index (χ3n) is 8.85. The number of rotatable bonds is 8. The molecule has 3 aromatic heterocycles. The van der Waals surface area contributed by atoms with Crippen molar-refractivity contribution in [3.8, 4) is 0 Å². The van der Waals surface area contributed by atoms with Crippen LogP contribution in [0, 0.1) is 5.92 Å². The van der Waals surface area contributed by atoms with Gasteiger partial charge in [-0.05, 0) is 75.0 Å². The molecule has 40 heavy (non-hydrogen) atoms. The van der Waals surface area contributed by atoms with Crippen LogP contribution in [-0.4, -0.2) is 59.1 Å². The van der Waals surface area contributed by atoms with Crippen LogP contribution in [0.25, 0.3) is 22.2 Å². The molecule has 4 N–H and O–H groups in total. The first-order valence-electron chi connectivity index (χ1n) is 14.7. The first kappa shape index (κ1) is 27.0. The number of hydrogen-bond donors (Lipinski definition) is 3. The number of H-pyrrole nitrogens is 2. The van der Waals surface area contributed by atoms with E-state index in [0.29, 0.717) is 23.2 Å².